The number of carbonyl (C=O) groups is 1. The number of quaternary nitrogens is 1. The van der Waals surface area contributed by atoms with Crippen LogP contribution in [0.4, 0.5) is 0 Å². The van der Waals surface area contributed by atoms with E-state index in [1.54, 1.807) is 12.2 Å². The van der Waals surface area contributed by atoms with Crippen LogP contribution in [0.2, 0.25) is 0 Å². The number of carboxylic acids is 1. The van der Waals surface area contributed by atoms with Crippen LogP contribution in [0.15, 0.2) is 24.3 Å². The molecule has 0 fully saturated rings. The van der Waals surface area contributed by atoms with Crippen molar-refractivity contribution in [2.75, 3.05) is 34.3 Å². The summed E-state index contributed by atoms with van der Waals surface area (Å²) in [6.45, 7) is 0.702. The van der Waals surface area contributed by atoms with Crippen LogP contribution in [-0.2, 0) is 4.79 Å². The smallest absolute Gasteiger partial charge is 0.313 e. The zero-order chi connectivity index (χ0) is 19.8. The quantitative estimate of drug-likeness (QED) is 0.221. The second-order valence-electron chi connectivity index (χ2n) is 8.06. The molecule has 0 aliphatic carbocycles. The molecule has 0 spiro atoms. The van der Waals surface area contributed by atoms with E-state index in [-0.39, 0.29) is 0 Å². The molecule has 0 aromatic heterocycles. The summed E-state index contributed by atoms with van der Waals surface area (Å²) in [7, 11) is 5.79. The monoisotopic (exact) mass is 370 g/mol. The van der Waals surface area contributed by atoms with Gasteiger partial charge in [0.2, 0.25) is 0 Å². The van der Waals surface area contributed by atoms with Gasteiger partial charge in [-0.05, 0) is 19.3 Å². The van der Waals surface area contributed by atoms with Gasteiger partial charge in [-0.2, -0.15) is 0 Å². The molecule has 26 heavy (non-hydrogen) atoms. The number of allylic oxidation sites excluding steroid dienone is 3. The third-order valence-corrected chi connectivity index (χ3v) is 4.28. The number of likely N-dealkylation sites (N-methyl/N-ethyl adjacent to an activating group) is 1. The number of unbranched alkanes of at least 4 members (excludes halogenated alkanes) is 8. The standard InChI is InChI=1S/C21H39NO4/c1-22(2,3)18-20(24)19(21(25)26)16-14-12-10-8-6-4-5-7-9-11-13-15-17-23/h10,12,14,16,19-20,23-24H,4-9,11,13,15,17-18H2,1-3H3/p+1. The van der Waals surface area contributed by atoms with Gasteiger partial charge in [0.05, 0.1) is 21.1 Å². The summed E-state index contributed by atoms with van der Waals surface area (Å²) in [5.41, 5.74) is 0. The summed E-state index contributed by atoms with van der Waals surface area (Å²) < 4.78 is 0.524. The third-order valence-electron chi connectivity index (χ3n) is 4.28. The molecule has 0 radical (unpaired) electrons. The minimum absolute atomic E-state index is 0.308. The predicted octanol–water partition coefficient (Wildman–Crippen LogP) is 3.37. The van der Waals surface area contributed by atoms with E-state index in [1.165, 1.54) is 32.1 Å². The molecule has 3 N–H and O–H groups in total. The highest BCUT2D eigenvalue weighted by molar-refractivity contribution is 5.73. The highest BCUT2D eigenvalue weighted by Gasteiger charge is 2.28. The number of aliphatic hydroxyl groups is 2. The second-order valence-corrected chi connectivity index (χ2v) is 8.06. The van der Waals surface area contributed by atoms with Crippen molar-refractivity contribution in [3.63, 3.8) is 0 Å². The molecular formula is C21H40NO4+. The van der Waals surface area contributed by atoms with Gasteiger partial charge in [-0.15, -0.1) is 0 Å². The minimum Gasteiger partial charge on any atom is -0.481 e. The summed E-state index contributed by atoms with van der Waals surface area (Å²) in [6.07, 6.45) is 16.8. The Bertz CT molecular complexity index is 413. The first-order valence-electron chi connectivity index (χ1n) is 9.93. The number of hydrogen-bond acceptors (Lipinski definition) is 3. The van der Waals surface area contributed by atoms with Gasteiger partial charge in [-0.1, -0.05) is 62.8 Å². The predicted molar refractivity (Wildman–Crippen MR) is 107 cm³/mol. The van der Waals surface area contributed by atoms with Gasteiger partial charge in [0.1, 0.15) is 18.6 Å². The lowest BCUT2D eigenvalue weighted by molar-refractivity contribution is -0.873. The first-order chi connectivity index (χ1) is 12.3. The highest BCUT2D eigenvalue weighted by Crippen LogP contribution is 2.11. The summed E-state index contributed by atoms with van der Waals surface area (Å²) in [5.74, 6) is -1.86. The molecule has 0 heterocycles. The Balaban J connectivity index is 3.91. The van der Waals surface area contributed by atoms with Crippen molar-refractivity contribution in [1.29, 1.82) is 0 Å². The summed E-state index contributed by atoms with van der Waals surface area (Å²) in [4.78, 5) is 11.3. The SMILES string of the molecule is C[N+](C)(C)CC(O)C(C=CC=CCCCCCCCCCCO)C(=O)O. The average Bonchev–Trinajstić information content (AvgIpc) is 2.53. The van der Waals surface area contributed by atoms with Crippen molar-refractivity contribution < 1.29 is 24.6 Å². The first kappa shape index (κ1) is 24.8. The maximum absolute atomic E-state index is 11.3. The molecule has 0 rings (SSSR count). The molecule has 0 bridgehead atoms. The zero-order valence-corrected chi connectivity index (χ0v) is 16.9. The maximum Gasteiger partial charge on any atom is 0.313 e. The molecule has 0 aliphatic rings. The van der Waals surface area contributed by atoms with E-state index in [0.29, 0.717) is 17.6 Å². The Morgan fingerprint density at radius 2 is 1.46 bits per heavy atom. The first-order valence-corrected chi connectivity index (χ1v) is 9.93. The Kier molecular flexibility index (Phi) is 14.3. The van der Waals surface area contributed by atoms with Crippen molar-refractivity contribution >= 4 is 5.97 Å². The Hall–Kier alpha value is -1.17. The lowest BCUT2D eigenvalue weighted by Crippen LogP contribution is -2.45. The van der Waals surface area contributed by atoms with Crippen LogP contribution in [0.5, 0.6) is 0 Å². The largest absolute Gasteiger partial charge is 0.481 e. The van der Waals surface area contributed by atoms with Gasteiger partial charge in [-0.3, -0.25) is 4.79 Å². The van der Waals surface area contributed by atoms with Gasteiger partial charge in [0.25, 0.3) is 0 Å². The number of hydrogen-bond donors (Lipinski definition) is 3. The van der Waals surface area contributed by atoms with Crippen LogP contribution >= 0.6 is 0 Å². The Morgan fingerprint density at radius 1 is 0.923 bits per heavy atom. The molecule has 2 unspecified atom stereocenters. The topological polar surface area (TPSA) is 77.8 Å². The molecule has 0 aliphatic heterocycles. The lowest BCUT2D eigenvalue weighted by Gasteiger charge is -2.28. The highest BCUT2D eigenvalue weighted by atomic mass is 16.4. The molecule has 0 aromatic rings. The van der Waals surface area contributed by atoms with Crippen molar-refractivity contribution in [1.82, 2.24) is 0 Å². The maximum atomic E-state index is 11.3. The van der Waals surface area contributed by atoms with Crippen molar-refractivity contribution in [3.05, 3.63) is 24.3 Å². The number of aliphatic carboxylic acids is 1. The third kappa shape index (κ3) is 15.1. The normalized spacial score (nSPS) is 15.0. The van der Waals surface area contributed by atoms with E-state index >= 15 is 0 Å². The average molecular weight is 371 g/mol. The number of carboxylic acid groups (broad SMARTS) is 1. The molecular weight excluding hydrogens is 330 g/mol. The van der Waals surface area contributed by atoms with E-state index in [1.807, 2.05) is 27.2 Å². The van der Waals surface area contributed by atoms with E-state index in [0.717, 1.165) is 25.7 Å². The second kappa shape index (κ2) is 14.9. The zero-order valence-electron chi connectivity index (χ0n) is 16.9. The fourth-order valence-corrected chi connectivity index (χ4v) is 2.84. The van der Waals surface area contributed by atoms with E-state index in [2.05, 4.69) is 6.08 Å². The van der Waals surface area contributed by atoms with Gasteiger partial charge in [0, 0.05) is 6.61 Å². The van der Waals surface area contributed by atoms with Crippen LogP contribution in [-0.4, -0.2) is 66.2 Å². The van der Waals surface area contributed by atoms with Crippen molar-refractivity contribution in [2.45, 2.75) is 63.9 Å². The number of aliphatic hydroxyl groups excluding tert-OH is 2. The van der Waals surface area contributed by atoms with Crippen molar-refractivity contribution in [3.8, 4) is 0 Å². The molecule has 0 saturated heterocycles. The number of nitrogens with zero attached hydrogens (tertiary/aromatic N) is 1. The molecule has 0 aromatic carbocycles. The fourth-order valence-electron chi connectivity index (χ4n) is 2.84. The molecule has 0 saturated carbocycles. The van der Waals surface area contributed by atoms with E-state index < -0.39 is 18.0 Å². The van der Waals surface area contributed by atoms with Crippen molar-refractivity contribution in [2.24, 2.45) is 5.92 Å². The van der Waals surface area contributed by atoms with Gasteiger partial charge in [-0.25, -0.2) is 0 Å². The molecule has 152 valence electrons. The Morgan fingerprint density at radius 3 is 1.96 bits per heavy atom. The van der Waals surface area contributed by atoms with Gasteiger partial charge in [0.15, 0.2) is 0 Å². The molecule has 5 heteroatoms. The van der Waals surface area contributed by atoms with Crippen LogP contribution < -0.4 is 0 Å². The minimum atomic E-state index is -0.991. The van der Waals surface area contributed by atoms with Crippen LogP contribution in [0.25, 0.3) is 0 Å². The van der Waals surface area contributed by atoms with E-state index in [4.69, 9.17) is 5.11 Å². The van der Waals surface area contributed by atoms with Crippen LogP contribution in [0, 0.1) is 5.92 Å². The van der Waals surface area contributed by atoms with Crippen LogP contribution in [0.3, 0.4) is 0 Å². The van der Waals surface area contributed by atoms with Gasteiger partial charge >= 0.3 is 5.97 Å². The summed E-state index contributed by atoms with van der Waals surface area (Å²) >= 11 is 0. The molecule has 5 nitrogen and oxygen atoms in total. The van der Waals surface area contributed by atoms with Gasteiger partial charge < -0.3 is 19.8 Å². The molecule has 2 atom stereocenters. The summed E-state index contributed by atoms with van der Waals surface area (Å²) in [5, 5.41) is 28.1. The lowest BCUT2D eigenvalue weighted by atomic mass is 10.0. The van der Waals surface area contributed by atoms with E-state index in [9.17, 15) is 15.0 Å². The molecule has 0 amide bonds. The van der Waals surface area contributed by atoms with Crippen LogP contribution in [0.1, 0.15) is 57.8 Å². The fraction of sp³-hybridized carbons (Fsp3) is 0.762. The Labute approximate surface area is 159 Å². The summed E-state index contributed by atoms with van der Waals surface area (Å²) in [6, 6.07) is 0. The number of rotatable bonds is 16.